The van der Waals surface area contributed by atoms with Crippen molar-refractivity contribution in [1.29, 1.82) is 0 Å². The number of nitrogens with one attached hydrogen (secondary N) is 1. The number of hydrogen-bond acceptors (Lipinski definition) is 2. The number of likely N-dealkylation sites (tertiary alicyclic amines) is 1. The van der Waals surface area contributed by atoms with Gasteiger partial charge in [0.1, 0.15) is 0 Å². The Labute approximate surface area is 138 Å². The fourth-order valence-electron chi connectivity index (χ4n) is 4.01. The molecule has 1 fully saturated rings. The molecule has 2 amide bonds. The van der Waals surface area contributed by atoms with Gasteiger partial charge in [0.15, 0.2) is 0 Å². The van der Waals surface area contributed by atoms with Gasteiger partial charge in [0.25, 0.3) is 5.91 Å². The monoisotopic (exact) mass is 314 g/mol. The molecule has 1 saturated heterocycles. The number of fused-ring (bicyclic) bond motifs is 1. The molecule has 1 N–H and O–H groups in total. The maximum absolute atomic E-state index is 12.8. The van der Waals surface area contributed by atoms with Crippen LogP contribution in [0.25, 0.3) is 0 Å². The summed E-state index contributed by atoms with van der Waals surface area (Å²) in [6.45, 7) is 5.07. The molecule has 0 unspecified atom stereocenters. The standard InChI is InChI=1S/C19H26N2O2/c1-3-5-17-11-21(12-18(17)20-13(2)22)19(23)16-9-8-14-6-4-7-15(14)10-16/h8-10,17-18H,3-7,11-12H2,1-2H3,(H,20,22)/t17-,18-/m1/s1. The molecule has 1 aromatic rings. The average Bonchev–Trinajstić information content (AvgIpc) is 3.13. The molecule has 124 valence electrons. The molecule has 0 spiro atoms. The van der Waals surface area contributed by atoms with E-state index in [1.807, 2.05) is 11.0 Å². The van der Waals surface area contributed by atoms with Gasteiger partial charge in [-0.15, -0.1) is 0 Å². The number of benzene rings is 1. The molecule has 1 aliphatic carbocycles. The summed E-state index contributed by atoms with van der Waals surface area (Å²) in [5.74, 6) is 0.457. The van der Waals surface area contributed by atoms with Crippen LogP contribution in [0, 0.1) is 5.92 Å². The highest BCUT2D eigenvalue weighted by Crippen LogP contribution is 2.26. The SMILES string of the molecule is CCC[C@@H]1CN(C(=O)c2ccc3c(c2)CCC3)C[C@H]1NC(C)=O. The van der Waals surface area contributed by atoms with Crippen molar-refractivity contribution in [3.05, 3.63) is 34.9 Å². The van der Waals surface area contributed by atoms with Crippen LogP contribution in [0.1, 0.15) is 54.6 Å². The van der Waals surface area contributed by atoms with Gasteiger partial charge in [-0.25, -0.2) is 0 Å². The first-order valence-electron chi connectivity index (χ1n) is 8.76. The second-order valence-electron chi connectivity index (χ2n) is 6.90. The fraction of sp³-hybridized carbons (Fsp3) is 0.579. The lowest BCUT2D eigenvalue weighted by atomic mass is 9.98. The first kappa shape index (κ1) is 16.0. The van der Waals surface area contributed by atoms with Crippen LogP contribution >= 0.6 is 0 Å². The first-order chi connectivity index (χ1) is 11.1. The van der Waals surface area contributed by atoms with Crippen molar-refractivity contribution < 1.29 is 9.59 Å². The van der Waals surface area contributed by atoms with Crippen LogP contribution in [0.3, 0.4) is 0 Å². The Balaban J connectivity index is 1.73. The van der Waals surface area contributed by atoms with Gasteiger partial charge in [0.05, 0.1) is 6.04 Å². The Bertz CT molecular complexity index is 611. The zero-order valence-electron chi connectivity index (χ0n) is 14.1. The van der Waals surface area contributed by atoms with Gasteiger partial charge in [-0.1, -0.05) is 19.4 Å². The summed E-state index contributed by atoms with van der Waals surface area (Å²) >= 11 is 0. The molecule has 4 nitrogen and oxygen atoms in total. The van der Waals surface area contributed by atoms with Crippen LogP contribution < -0.4 is 5.32 Å². The lowest BCUT2D eigenvalue weighted by Crippen LogP contribution is -2.39. The summed E-state index contributed by atoms with van der Waals surface area (Å²) in [5.41, 5.74) is 3.52. The minimum Gasteiger partial charge on any atom is -0.351 e. The van der Waals surface area contributed by atoms with Gasteiger partial charge in [0, 0.05) is 25.6 Å². The number of nitrogens with zero attached hydrogens (tertiary/aromatic N) is 1. The van der Waals surface area contributed by atoms with Crippen LogP contribution in [0.4, 0.5) is 0 Å². The summed E-state index contributed by atoms with van der Waals surface area (Å²) in [5, 5.41) is 3.02. The lowest BCUT2D eigenvalue weighted by molar-refractivity contribution is -0.119. The fourth-order valence-corrected chi connectivity index (χ4v) is 4.01. The van der Waals surface area contributed by atoms with Crippen molar-refractivity contribution in [1.82, 2.24) is 10.2 Å². The summed E-state index contributed by atoms with van der Waals surface area (Å²) in [4.78, 5) is 26.2. The highest BCUT2D eigenvalue weighted by Gasteiger charge is 2.35. The van der Waals surface area contributed by atoms with E-state index in [1.165, 1.54) is 17.5 Å². The van der Waals surface area contributed by atoms with E-state index in [4.69, 9.17) is 0 Å². The molecule has 4 heteroatoms. The molecule has 0 saturated carbocycles. The lowest BCUT2D eigenvalue weighted by Gasteiger charge is -2.17. The summed E-state index contributed by atoms with van der Waals surface area (Å²) in [6.07, 6.45) is 5.53. The van der Waals surface area contributed by atoms with Crippen molar-refractivity contribution in [3.63, 3.8) is 0 Å². The Hall–Kier alpha value is -1.84. The Morgan fingerprint density at radius 3 is 2.74 bits per heavy atom. The van der Waals surface area contributed by atoms with Gasteiger partial charge in [-0.05, 0) is 54.9 Å². The quantitative estimate of drug-likeness (QED) is 0.928. The molecule has 0 radical (unpaired) electrons. The van der Waals surface area contributed by atoms with E-state index in [2.05, 4.69) is 24.4 Å². The van der Waals surface area contributed by atoms with Crippen molar-refractivity contribution in [2.24, 2.45) is 5.92 Å². The van der Waals surface area contributed by atoms with Gasteiger partial charge in [0.2, 0.25) is 5.91 Å². The van der Waals surface area contributed by atoms with Crippen molar-refractivity contribution in [2.45, 2.75) is 52.0 Å². The largest absolute Gasteiger partial charge is 0.351 e. The Kier molecular flexibility index (Phi) is 4.69. The van der Waals surface area contributed by atoms with E-state index in [1.54, 1.807) is 6.92 Å². The zero-order chi connectivity index (χ0) is 16.4. The molecular weight excluding hydrogens is 288 g/mol. The highest BCUT2D eigenvalue weighted by atomic mass is 16.2. The Morgan fingerprint density at radius 2 is 2.00 bits per heavy atom. The van der Waals surface area contributed by atoms with Crippen LogP contribution in [0.2, 0.25) is 0 Å². The van der Waals surface area contributed by atoms with E-state index >= 15 is 0 Å². The predicted octanol–water partition coefficient (Wildman–Crippen LogP) is 2.55. The maximum Gasteiger partial charge on any atom is 0.253 e. The second-order valence-corrected chi connectivity index (χ2v) is 6.90. The Morgan fingerprint density at radius 1 is 1.22 bits per heavy atom. The average molecular weight is 314 g/mol. The van der Waals surface area contributed by atoms with Crippen LogP contribution in [-0.4, -0.2) is 35.8 Å². The third-order valence-electron chi connectivity index (χ3n) is 5.12. The van der Waals surface area contributed by atoms with Gasteiger partial charge in [-0.2, -0.15) is 0 Å². The predicted molar refractivity (Wildman–Crippen MR) is 90.4 cm³/mol. The number of amides is 2. The molecule has 2 atom stereocenters. The van der Waals surface area contributed by atoms with E-state index in [-0.39, 0.29) is 17.9 Å². The number of hydrogen-bond donors (Lipinski definition) is 1. The summed E-state index contributed by atoms with van der Waals surface area (Å²) in [7, 11) is 0. The third-order valence-corrected chi connectivity index (χ3v) is 5.12. The molecule has 2 aliphatic rings. The molecule has 0 aromatic heterocycles. The summed E-state index contributed by atoms with van der Waals surface area (Å²) in [6, 6.07) is 6.24. The van der Waals surface area contributed by atoms with Crippen LogP contribution in [0.15, 0.2) is 18.2 Å². The van der Waals surface area contributed by atoms with Gasteiger partial charge < -0.3 is 10.2 Å². The van der Waals surface area contributed by atoms with Crippen molar-refractivity contribution >= 4 is 11.8 Å². The summed E-state index contributed by atoms with van der Waals surface area (Å²) < 4.78 is 0. The number of rotatable bonds is 4. The van der Waals surface area contributed by atoms with Crippen LogP contribution in [-0.2, 0) is 17.6 Å². The highest BCUT2D eigenvalue weighted by molar-refractivity contribution is 5.95. The molecule has 1 heterocycles. The number of aryl methyl sites for hydroxylation is 2. The molecular formula is C19H26N2O2. The van der Waals surface area contributed by atoms with E-state index in [0.717, 1.165) is 37.8 Å². The van der Waals surface area contributed by atoms with Crippen molar-refractivity contribution in [2.75, 3.05) is 13.1 Å². The molecule has 1 aliphatic heterocycles. The minimum absolute atomic E-state index is 0.0112. The normalized spacial score (nSPS) is 23.0. The third kappa shape index (κ3) is 3.41. The van der Waals surface area contributed by atoms with Gasteiger partial charge in [-0.3, -0.25) is 9.59 Å². The molecule has 23 heavy (non-hydrogen) atoms. The number of carbonyl (C=O) groups is 2. The first-order valence-corrected chi connectivity index (χ1v) is 8.76. The minimum atomic E-state index is -0.0112. The van der Waals surface area contributed by atoms with Crippen LogP contribution in [0.5, 0.6) is 0 Å². The zero-order valence-corrected chi connectivity index (χ0v) is 14.1. The number of carbonyl (C=O) groups excluding carboxylic acids is 2. The van der Waals surface area contributed by atoms with E-state index < -0.39 is 0 Å². The molecule has 0 bridgehead atoms. The smallest absolute Gasteiger partial charge is 0.253 e. The van der Waals surface area contributed by atoms with E-state index in [9.17, 15) is 9.59 Å². The maximum atomic E-state index is 12.8. The molecule has 1 aromatic carbocycles. The van der Waals surface area contributed by atoms with E-state index in [0.29, 0.717) is 12.5 Å². The topological polar surface area (TPSA) is 49.4 Å². The molecule has 3 rings (SSSR count). The second kappa shape index (κ2) is 6.73. The van der Waals surface area contributed by atoms with Crippen molar-refractivity contribution in [3.8, 4) is 0 Å². The van der Waals surface area contributed by atoms with Gasteiger partial charge >= 0.3 is 0 Å².